The number of fused-ring (bicyclic) bond motifs is 1. The molecule has 3 N–H and O–H groups in total. The molecular formula is C26H39N3O4S2. The summed E-state index contributed by atoms with van der Waals surface area (Å²) in [6.45, 7) is 6.45. The summed E-state index contributed by atoms with van der Waals surface area (Å²) in [6.07, 6.45) is 6.74. The van der Waals surface area contributed by atoms with Crippen LogP contribution in [0.3, 0.4) is 0 Å². The Morgan fingerprint density at radius 1 is 1.23 bits per heavy atom. The van der Waals surface area contributed by atoms with Crippen molar-refractivity contribution in [2.75, 3.05) is 12.0 Å². The number of aromatic nitrogens is 1. The molecule has 0 saturated heterocycles. The van der Waals surface area contributed by atoms with Crippen molar-refractivity contribution < 1.29 is 18.3 Å². The number of nitrogens with one attached hydrogen (secondary N) is 2. The summed E-state index contributed by atoms with van der Waals surface area (Å²) in [7, 11) is -3.62. The van der Waals surface area contributed by atoms with E-state index in [1.807, 2.05) is 37.3 Å². The van der Waals surface area contributed by atoms with Crippen molar-refractivity contribution in [3.8, 4) is 0 Å². The first-order valence-electron chi connectivity index (χ1n) is 12.5. The number of amides is 1. The number of nitrogens with zero attached hydrogens (tertiary/aromatic N) is 1. The van der Waals surface area contributed by atoms with E-state index in [-0.39, 0.29) is 5.75 Å². The summed E-state index contributed by atoms with van der Waals surface area (Å²) in [5.74, 6) is 1.49. The molecule has 35 heavy (non-hydrogen) atoms. The van der Waals surface area contributed by atoms with E-state index < -0.39 is 34.1 Å². The molecule has 1 saturated carbocycles. The van der Waals surface area contributed by atoms with Crippen molar-refractivity contribution in [2.24, 2.45) is 17.8 Å². The first-order chi connectivity index (χ1) is 16.6. The number of thioether (sulfide) groups is 1. The molecule has 1 aliphatic rings. The van der Waals surface area contributed by atoms with Crippen LogP contribution < -0.4 is 10.0 Å². The minimum absolute atomic E-state index is 0.207. The van der Waals surface area contributed by atoms with E-state index in [2.05, 4.69) is 28.9 Å². The minimum atomic E-state index is -3.62. The van der Waals surface area contributed by atoms with Crippen LogP contribution in [0.4, 0.5) is 0 Å². The van der Waals surface area contributed by atoms with Crippen LogP contribution in [0.2, 0.25) is 0 Å². The highest BCUT2D eigenvalue weighted by atomic mass is 32.2. The molecule has 7 nitrogen and oxygen atoms in total. The predicted octanol–water partition coefficient (Wildman–Crippen LogP) is 3.96. The number of aliphatic hydroxyl groups excluding tert-OH is 1. The maximum Gasteiger partial charge on any atom is 0.239 e. The van der Waals surface area contributed by atoms with Gasteiger partial charge in [0, 0.05) is 22.2 Å². The van der Waals surface area contributed by atoms with Gasteiger partial charge in [0.1, 0.15) is 6.04 Å². The second kappa shape index (κ2) is 12.5. The molecule has 0 bridgehead atoms. The lowest BCUT2D eigenvalue weighted by molar-refractivity contribution is -0.124. The smallest absolute Gasteiger partial charge is 0.239 e. The van der Waals surface area contributed by atoms with Crippen molar-refractivity contribution >= 4 is 38.6 Å². The van der Waals surface area contributed by atoms with Crippen molar-refractivity contribution in [3.63, 3.8) is 0 Å². The van der Waals surface area contributed by atoms with Crippen molar-refractivity contribution in [1.29, 1.82) is 0 Å². The van der Waals surface area contributed by atoms with Crippen molar-refractivity contribution in [2.45, 2.75) is 76.0 Å². The molecule has 1 aromatic carbocycles. The summed E-state index contributed by atoms with van der Waals surface area (Å²) in [5.41, 5.74) is 0.816. The molecule has 1 fully saturated rings. The molecular weight excluding hydrogens is 482 g/mol. The van der Waals surface area contributed by atoms with Crippen LogP contribution in [0, 0.1) is 17.8 Å². The van der Waals surface area contributed by atoms with Gasteiger partial charge >= 0.3 is 0 Å². The molecule has 3 unspecified atom stereocenters. The van der Waals surface area contributed by atoms with E-state index in [4.69, 9.17) is 0 Å². The van der Waals surface area contributed by atoms with Crippen LogP contribution in [-0.4, -0.2) is 54.6 Å². The lowest BCUT2D eigenvalue weighted by atomic mass is 9.73. The molecule has 3 rings (SSSR count). The highest BCUT2D eigenvalue weighted by molar-refractivity contribution is 7.99. The van der Waals surface area contributed by atoms with E-state index in [0.717, 1.165) is 34.4 Å². The Morgan fingerprint density at radius 3 is 2.66 bits per heavy atom. The highest BCUT2D eigenvalue weighted by Crippen LogP contribution is 2.36. The molecule has 9 heteroatoms. The molecule has 1 amide bonds. The molecule has 1 aliphatic carbocycles. The quantitative estimate of drug-likeness (QED) is 0.386. The molecule has 2 aromatic rings. The summed E-state index contributed by atoms with van der Waals surface area (Å²) < 4.78 is 26.5. The number of aliphatic hydroxyl groups is 1. The fourth-order valence-corrected chi connectivity index (χ4v) is 6.97. The third-order valence-corrected chi connectivity index (χ3v) is 8.91. The number of sulfonamides is 1. The normalized spacial score (nSPS) is 23.5. The van der Waals surface area contributed by atoms with Gasteiger partial charge in [0.2, 0.25) is 15.9 Å². The van der Waals surface area contributed by atoms with Gasteiger partial charge < -0.3 is 10.4 Å². The van der Waals surface area contributed by atoms with Crippen molar-refractivity contribution in [1.82, 2.24) is 15.0 Å². The molecule has 1 aromatic heterocycles. The number of carbonyl (C=O) groups excluding carboxylic acids is 1. The Bertz CT molecular complexity index is 1090. The summed E-state index contributed by atoms with van der Waals surface area (Å²) in [6, 6.07) is 8.23. The van der Waals surface area contributed by atoms with Gasteiger partial charge in [0.25, 0.3) is 0 Å². The average molecular weight is 522 g/mol. The fraction of sp³-hybridized carbons (Fsp3) is 0.615. The SMILES string of the molecule is CC[C@H](NC(=O)[C@@H](CSc1cccc2cccnc12)NS(C)(=O)=O)[C@H](O)CC1CCC(C)CC1C. The van der Waals surface area contributed by atoms with E-state index >= 15 is 0 Å². The zero-order chi connectivity index (χ0) is 25.6. The number of hydrogen-bond acceptors (Lipinski definition) is 6. The lowest BCUT2D eigenvalue weighted by Gasteiger charge is -2.35. The number of carbonyl (C=O) groups is 1. The second-order valence-corrected chi connectivity index (χ2v) is 12.9. The van der Waals surface area contributed by atoms with Gasteiger partial charge in [0.05, 0.1) is 23.9 Å². The number of hydrogen-bond donors (Lipinski definition) is 3. The Morgan fingerprint density at radius 2 is 1.97 bits per heavy atom. The standard InChI is InChI=1S/C26H39N3O4S2/c1-5-21(23(30)15-20-12-11-17(2)14-18(20)3)28-26(31)22(29-35(4,32)33)16-34-24-10-6-8-19-9-7-13-27-25(19)24/h6-10,13,17-18,20-23,29-30H,5,11-12,14-16H2,1-4H3,(H,28,31)/t17?,18?,20?,21-,22+,23+/m0/s1. The van der Waals surface area contributed by atoms with Gasteiger partial charge in [-0.05, 0) is 55.6 Å². The second-order valence-electron chi connectivity index (χ2n) is 10.1. The Labute approximate surface area is 213 Å². The Kier molecular flexibility index (Phi) is 9.98. The topological polar surface area (TPSA) is 108 Å². The van der Waals surface area contributed by atoms with Gasteiger partial charge in [-0.15, -0.1) is 11.8 Å². The predicted molar refractivity (Wildman–Crippen MR) is 143 cm³/mol. The van der Waals surface area contributed by atoms with E-state index in [1.54, 1.807) is 6.20 Å². The van der Waals surface area contributed by atoms with E-state index in [9.17, 15) is 18.3 Å². The maximum absolute atomic E-state index is 13.2. The van der Waals surface area contributed by atoms with Gasteiger partial charge in [-0.1, -0.05) is 45.4 Å². The third-order valence-electron chi connectivity index (χ3n) is 7.06. The zero-order valence-electron chi connectivity index (χ0n) is 21.1. The molecule has 1 heterocycles. The van der Waals surface area contributed by atoms with Gasteiger partial charge in [-0.3, -0.25) is 9.78 Å². The van der Waals surface area contributed by atoms with Crippen LogP contribution >= 0.6 is 11.8 Å². The van der Waals surface area contributed by atoms with Crippen LogP contribution in [0.5, 0.6) is 0 Å². The molecule has 194 valence electrons. The number of rotatable bonds is 11. The van der Waals surface area contributed by atoms with E-state index in [1.165, 1.54) is 24.6 Å². The van der Waals surface area contributed by atoms with Crippen LogP contribution in [0.25, 0.3) is 10.9 Å². The first-order valence-corrected chi connectivity index (χ1v) is 15.4. The number of para-hydroxylation sites is 1. The summed E-state index contributed by atoms with van der Waals surface area (Å²) in [5, 5.41) is 14.9. The Hall–Kier alpha value is -1.68. The third kappa shape index (κ3) is 8.17. The fourth-order valence-electron chi connectivity index (χ4n) is 5.09. The van der Waals surface area contributed by atoms with Crippen molar-refractivity contribution in [3.05, 3.63) is 36.5 Å². The Balaban J connectivity index is 1.67. The maximum atomic E-state index is 13.2. The first kappa shape index (κ1) is 27.9. The minimum Gasteiger partial charge on any atom is -0.391 e. The summed E-state index contributed by atoms with van der Waals surface area (Å²) in [4.78, 5) is 18.5. The molecule has 0 aliphatic heterocycles. The van der Waals surface area contributed by atoms with Crippen LogP contribution in [0.1, 0.15) is 52.9 Å². The monoisotopic (exact) mass is 521 g/mol. The van der Waals surface area contributed by atoms with Gasteiger partial charge in [0.15, 0.2) is 0 Å². The highest BCUT2D eigenvalue weighted by Gasteiger charge is 2.31. The van der Waals surface area contributed by atoms with Gasteiger partial charge in [-0.25, -0.2) is 13.1 Å². The van der Waals surface area contributed by atoms with Crippen LogP contribution in [-0.2, 0) is 14.8 Å². The lowest BCUT2D eigenvalue weighted by Crippen LogP contribution is -2.53. The zero-order valence-corrected chi connectivity index (χ0v) is 22.7. The number of pyridine rings is 1. The van der Waals surface area contributed by atoms with E-state index in [0.29, 0.717) is 24.7 Å². The van der Waals surface area contributed by atoms with Crippen LogP contribution in [0.15, 0.2) is 41.4 Å². The molecule has 0 spiro atoms. The average Bonchev–Trinajstić information content (AvgIpc) is 2.81. The molecule has 6 atom stereocenters. The molecule has 0 radical (unpaired) electrons. The van der Waals surface area contributed by atoms with Gasteiger partial charge in [-0.2, -0.15) is 0 Å². The largest absolute Gasteiger partial charge is 0.391 e. The summed E-state index contributed by atoms with van der Waals surface area (Å²) >= 11 is 1.39. The number of benzene rings is 1.